The lowest BCUT2D eigenvalue weighted by atomic mass is 9.89. The molecule has 6 nitrogen and oxygen atoms in total. The summed E-state index contributed by atoms with van der Waals surface area (Å²) in [7, 11) is 1.66. The molecular formula is C24H29N3O3. The monoisotopic (exact) mass is 407 g/mol. The summed E-state index contributed by atoms with van der Waals surface area (Å²) in [5, 5.41) is 11.4. The summed E-state index contributed by atoms with van der Waals surface area (Å²) in [4.78, 5) is 12.3. The van der Waals surface area contributed by atoms with Crippen LogP contribution in [0.3, 0.4) is 0 Å². The van der Waals surface area contributed by atoms with Crippen molar-refractivity contribution in [3.8, 4) is 5.75 Å². The predicted molar refractivity (Wildman–Crippen MR) is 112 cm³/mol. The highest BCUT2D eigenvalue weighted by Crippen LogP contribution is 2.69. The molecule has 0 radical (unpaired) electrons. The number of aromatic nitrogens is 2. The Morgan fingerprint density at radius 1 is 1.20 bits per heavy atom. The molecule has 1 aromatic heterocycles. The van der Waals surface area contributed by atoms with Crippen molar-refractivity contribution in [1.82, 2.24) is 15.5 Å². The van der Waals surface area contributed by atoms with E-state index < -0.39 is 0 Å². The van der Waals surface area contributed by atoms with Crippen LogP contribution < -0.4 is 10.1 Å². The second-order valence-electron chi connectivity index (χ2n) is 8.99. The van der Waals surface area contributed by atoms with Gasteiger partial charge in [-0.1, -0.05) is 24.3 Å². The maximum absolute atomic E-state index is 12.3. The van der Waals surface area contributed by atoms with Gasteiger partial charge in [-0.2, -0.15) is 0 Å². The topological polar surface area (TPSA) is 77.2 Å². The molecule has 1 N–H and O–H groups in total. The lowest BCUT2D eigenvalue weighted by Gasteiger charge is -2.20. The first-order valence-electron chi connectivity index (χ1n) is 11.1. The van der Waals surface area contributed by atoms with Gasteiger partial charge in [0.15, 0.2) is 0 Å². The number of hydrogen-bond donors (Lipinski definition) is 1. The van der Waals surface area contributed by atoms with Crippen molar-refractivity contribution in [3.05, 3.63) is 53.8 Å². The minimum Gasteiger partial charge on any atom is -0.497 e. The smallest absolute Gasteiger partial charge is 0.220 e. The van der Waals surface area contributed by atoms with Crippen LogP contribution >= 0.6 is 0 Å². The summed E-state index contributed by atoms with van der Waals surface area (Å²) in [6.45, 7) is 0.793. The molecule has 2 saturated carbocycles. The Labute approximate surface area is 177 Å². The molecule has 1 spiro atoms. The molecule has 3 atom stereocenters. The molecule has 0 saturated heterocycles. The zero-order chi connectivity index (χ0) is 20.6. The summed E-state index contributed by atoms with van der Waals surface area (Å²) in [5.74, 6) is 4.12. The molecule has 2 fully saturated rings. The van der Waals surface area contributed by atoms with Crippen LogP contribution in [0.5, 0.6) is 5.75 Å². The Bertz CT molecular complexity index is 947. The number of hydrogen-bond acceptors (Lipinski definition) is 5. The molecule has 6 heteroatoms. The molecular weight excluding hydrogens is 378 g/mol. The van der Waals surface area contributed by atoms with Crippen LogP contribution in [0.4, 0.5) is 0 Å². The quantitative estimate of drug-likeness (QED) is 0.644. The Balaban J connectivity index is 1.04. The minimum absolute atomic E-state index is 0.0720. The number of amides is 1. The van der Waals surface area contributed by atoms with Gasteiger partial charge in [0.05, 0.1) is 7.11 Å². The Morgan fingerprint density at radius 3 is 2.80 bits per heavy atom. The second-order valence-corrected chi connectivity index (χ2v) is 8.99. The van der Waals surface area contributed by atoms with Gasteiger partial charge in [-0.3, -0.25) is 4.79 Å². The zero-order valence-electron chi connectivity index (χ0n) is 17.5. The fourth-order valence-electron chi connectivity index (χ4n) is 5.48. The molecule has 158 valence electrons. The Hall–Kier alpha value is -2.63. The highest BCUT2D eigenvalue weighted by Gasteiger charge is 2.62. The van der Waals surface area contributed by atoms with E-state index in [0.29, 0.717) is 48.3 Å². The van der Waals surface area contributed by atoms with Crippen LogP contribution in [-0.2, 0) is 24.1 Å². The van der Waals surface area contributed by atoms with Crippen molar-refractivity contribution < 1.29 is 13.9 Å². The van der Waals surface area contributed by atoms with Crippen LogP contribution in [0.2, 0.25) is 0 Å². The molecule has 2 aromatic rings. The second kappa shape index (κ2) is 7.89. The molecule has 3 aliphatic carbocycles. The molecule has 3 aliphatic rings. The van der Waals surface area contributed by atoms with Gasteiger partial charge in [-0.05, 0) is 66.5 Å². The summed E-state index contributed by atoms with van der Waals surface area (Å²) in [6, 6.07) is 7.97. The molecule has 2 bridgehead atoms. The fraction of sp³-hybridized carbons (Fsp3) is 0.542. The van der Waals surface area contributed by atoms with Crippen LogP contribution in [0.1, 0.15) is 43.0 Å². The van der Waals surface area contributed by atoms with Crippen molar-refractivity contribution >= 4 is 5.91 Å². The first-order chi connectivity index (χ1) is 14.7. The SMILES string of the molecule is COc1cccc(CCc2nnc(CCC(=O)NC[C@H]3C[C@H]4C=C[C@H]3C43CC3)o2)c1. The number of nitrogens with one attached hydrogen (secondary N) is 1. The first-order valence-corrected chi connectivity index (χ1v) is 11.1. The molecule has 5 rings (SSSR count). The number of carbonyl (C=O) groups is 1. The van der Waals surface area contributed by atoms with E-state index in [2.05, 4.69) is 33.7 Å². The molecule has 30 heavy (non-hydrogen) atoms. The maximum Gasteiger partial charge on any atom is 0.220 e. The molecule has 1 aromatic carbocycles. The van der Waals surface area contributed by atoms with Gasteiger partial charge in [0.1, 0.15) is 5.75 Å². The Kier molecular flexibility index (Phi) is 5.09. The van der Waals surface area contributed by atoms with Gasteiger partial charge in [-0.25, -0.2) is 0 Å². The van der Waals surface area contributed by atoms with E-state index in [1.807, 2.05) is 18.2 Å². The minimum atomic E-state index is 0.0720. The van der Waals surface area contributed by atoms with E-state index >= 15 is 0 Å². The van der Waals surface area contributed by atoms with Crippen molar-refractivity contribution in [2.24, 2.45) is 23.2 Å². The first kappa shape index (κ1) is 19.3. The van der Waals surface area contributed by atoms with Crippen LogP contribution in [0.25, 0.3) is 0 Å². The highest BCUT2D eigenvalue weighted by atomic mass is 16.5. The van der Waals surface area contributed by atoms with E-state index in [1.54, 1.807) is 7.11 Å². The normalized spacial score (nSPS) is 25.0. The number of nitrogens with zero attached hydrogens (tertiary/aromatic N) is 2. The Morgan fingerprint density at radius 2 is 2.03 bits per heavy atom. The largest absolute Gasteiger partial charge is 0.497 e. The van der Waals surface area contributed by atoms with Gasteiger partial charge >= 0.3 is 0 Å². The number of aryl methyl sites for hydroxylation is 3. The van der Waals surface area contributed by atoms with E-state index in [1.165, 1.54) is 19.3 Å². The van der Waals surface area contributed by atoms with Crippen molar-refractivity contribution in [2.75, 3.05) is 13.7 Å². The van der Waals surface area contributed by atoms with Gasteiger partial charge in [-0.15, -0.1) is 10.2 Å². The number of methoxy groups -OCH3 is 1. The lowest BCUT2D eigenvalue weighted by molar-refractivity contribution is -0.121. The number of carbonyl (C=O) groups excluding carboxylic acids is 1. The number of allylic oxidation sites excluding steroid dienone is 2. The van der Waals surface area contributed by atoms with Crippen molar-refractivity contribution in [3.63, 3.8) is 0 Å². The number of ether oxygens (including phenoxy) is 1. The fourth-order valence-corrected chi connectivity index (χ4v) is 5.48. The molecule has 0 aliphatic heterocycles. The van der Waals surface area contributed by atoms with Crippen molar-refractivity contribution in [2.45, 2.75) is 44.9 Å². The van der Waals surface area contributed by atoms with Crippen LogP contribution in [-0.4, -0.2) is 29.8 Å². The summed E-state index contributed by atoms with van der Waals surface area (Å²) in [5.41, 5.74) is 1.75. The third kappa shape index (κ3) is 3.75. The summed E-state index contributed by atoms with van der Waals surface area (Å²) >= 11 is 0. The highest BCUT2D eigenvalue weighted by molar-refractivity contribution is 5.76. The van der Waals surface area contributed by atoms with Gasteiger partial charge in [0.2, 0.25) is 17.7 Å². The van der Waals surface area contributed by atoms with E-state index in [9.17, 15) is 4.79 Å². The standard InChI is InChI=1S/C24H29N3O3/c1-29-19-4-2-3-16(13-19)5-9-22-26-27-23(30-22)10-8-21(28)25-15-17-14-18-6-7-20(17)24(18)11-12-24/h2-4,6-7,13,17-18,20H,5,8-12,14-15H2,1H3,(H,25,28)/t17-,18-,20-/m1/s1. The van der Waals surface area contributed by atoms with Crippen LogP contribution in [0.15, 0.2) is 40.8 Å². The maximum atomic E-state index is 12.3. The third-order valence-electron chi connectivity index (χ3n) is 7.24. The summed E-state index contributed by atoms with van der Waals surface area (Å²) in [6.07, 6.45) is 11.2. The van der Waals surface area contributed by atoms with E-state index in [-0.39, 0.29) is 5.91 Å². The van der Waals surface area contributed by atoms with Gasteiger partial charge in [0, 0.05) is 25.8 Å². The average molecular weight is 408 g/mol. The van der Waals surface area contributed by atoms with Gasteiger partial charge < -0.3 is 14.5 Å². The molecule has 0 unspecified atom stereocenters. The van der Waals surface area contributed by atoms with Crippen molar-refractivity contribution in [1.29, 1.82) is 0 Å². The zero-order valence-corrected chi connectivity index (χ0v) is 17.5. The molecule has 1 heterocycles. The third-order valence-corrected chi connectivity index (χ3v) is 7.24. The van der Waals surface area contributed by atoms with Gasteiger partial charge in [0.25, 0.3) is 0 Å². The lowest BCUT2D eigenvalue weighted by Crippen LogP contribution is -2.31. The number of rotatable bonds is 9. The average Bonchev–Trinajstić information content (AvgIpc) is 3.21. The van der Waals surface area contributed by atoms with Crippen LogP contribution in [0, 0.1) is 23.2 Å². The van der Waals surface area contributed by atoms with E-state index in [4.69, 9.17) is 9.15 Å². The molecule has 1 amide bonds. The number of benzene rings is 1. The predicted octanol–water partition coefficient (Wildman–Crippen LogP) is 3.51. The van der Waals surface area contributed by atoms with E-state index in [0.717, 1.165) is 30.2 Å². The summed E-state index contributed by atoms with van der Waals surface area (Å²) < 4.78 is 11.0.